The second-order valence-corrected chi connectivity index (χ2v) is 3.72. The van der Waals surface area contributed by atoms with Gasteiger partial charge in [-0.25, -0.2) is 19.2 Å². The van der Waals surface area contributed by atoms with Crippen molar-refractivity contribution in [2.24, 2.45) is 0 Å². The quantitative estimate of drug-likeness (QED) is 0.763. The highest BCUT2D eigenvalue weighted by atomic mass is 19.1. The molecule has 1 aromatic carbocycles. The molecule has 0 spiro atoms. The molecule has 5 heteroatoms. The number of aromatic nitrogens is 2. The van der Waals surface area contributed by atoms with Crippen molar-refractivity contribution in [1.82, 2.24) is 9.97 Å². The summed E-state index contributed by atoms with van der Waals surface area (Å²) in [6.07, 6.45) is 1.54. The topological polar surface area (TPSA) is 52.1 Å². The van der Waals surface area contributed by atoms with E-state index in [0.29, 0.717) is 5.69 Å². The summed E-state index contributed by atoms with van der Waals surface area (Å²) >= 11 is 0. The third-order valence-corrected chi connectivity index (χ3v) is 2.46. The fraction of sp³-hybridized carbons (Fsp3) is 0.154. The van der Waals surface area contributed by atoms with E-state index in [0.717, 1.165) is 11.1 Å². The first-order valence-corrected chi connectivity index (χ1v) is 5.29. The number of carbonyl (C=O) groups excluding carboxylic acids is 1. The van der Waals surface area contributed by atoms with Crippen LogP contribution in [-0.4, -0.2) is 23.0 Å². The predicted octanol–water partition coefficient (Wildman–Crippen LogP) is 2.38. The van der Waals surface area contributed by atoms with E-state index in [-0.39, 0.29) is 11.6 Å². The van der Waals surface area contributed by atoms with Crippen LogP contribution in [0.3, 0.4) is 0 Å². The first-order valence-electron chi connectivity index (χ1n) is 5.29. The number of carbonyl (C=O) groups is 1. The van der Waals surface area contributed by atoms with Crippen LogP contribution in [0.2, 0.25) is 0 Å². The second-order valence-electron chi connectivity index (χ2n) is 3.72. The van der Waals surface area contributed by atoms with Crippen LogP contribution in [0.1, 0.15) is 16.2 Å². The Balaban J connectivity index is 2.49. The summed E-state index contributed by atoms with van der Waals surface area (Å²) in [5.41, 5.74) is 2.11. The second kappa shape index (κ2) is 4.91. The zero-order chi connectivity index (χ0) is 13.1. The van der Waals surface area contributed by atoms with E-state index in [9.17, 15) is 9.18 Å². The van der Waals surface area contributed by atoms with Crippen LogP contribution in [-0.2, 0) is 4.74 Å². The van der Waals surface area contributed by atoms with E-state index in [1.165, 1.54) is 25.4 Å². The number of ether oxygens (including phenoxy) is 1. The van der Waals surface area contributed by atoms with E-state index in [4.69, 9.17) is 0 Å². The van der Waals surface area contributed by atoms with Crippen molar-refractivity contribution in [1.29, 1.82) is 0 Å². The molecule has 0 saturated heterocycles. The van der Waals surface area contributed by atoms with Crippen LogP contribution in [0.5, 0.6) is 0 Å². The molecule has 0 saturated carbocycles. The maximum atomic E-state index is 12.9. The Hall–Kier alpha value is -2.30. The number of esters is 1. The molecular weight excluding hydrogens is 235 g/mol. The molecule has 0 unspecified atom stereocenters. The highest BCUT2D eigenvalue weighted by Crippen LogP contribution is 2.20. The Morgan fingerprint density at radius 1 is 1.28 bits per heavy atom. The van der Waals surface area contributed by atoms with Crippen molar-refractivity contribution in [2.45, 2.75) is 6.92 Å². The third kappa shape index (κ3) is 2.34. The lowest BCUT2D eigenvalue weighted by Gasteiger charge is -2.06. The summed E-state index contributed by atoms with van der Waals surface area (Å²) in [4.78, 5) is 19.4. The highest BCUT2D eigenvalue weighted by Gasteiger charge is 2.12. The third-order valence-electron chi connectivity index (χ3n) is 2.46. The first-order chi connectivity index (χ1) is 8.61. The number of hydrogen-bond donors (Lipinski definition) is 0. The average molecular weight is 246 g/mol. The van der Waals surface area contributed by atoms with Crippen molar-refractivity contribution in [3.63, 3.8) is 0 Å². The molecule has 0 radical (unpaired) electrons. The fourth-order valence-electron chi connectivity index (χ4n) is 1.53. The predicted molar refractivity (Wildman–Crippen MR) is 63.5 cm³/mol. The van der Waals surface area contributed by atoms with E-state index in [1.54, 1.807) is 12.1 Å². The largest absolute Gasteiger partial charge is 0.463 e. The Morgan fingerprint density at radius 3 is 2.56 bits per heavy atom. The molecule has 2 aromatic rings. The zero-order valence-electron chi connectivity index (χ0n) is 9.98. The normalized spacial score (nSPS) is 10.2. The van der Waals surface area contributed by atoms with Crippen LogP contribution in [0, 0.1) is 12.7 Å². The molecule has 0 aliphatic carbocycles. The van der Waals surface area contributed by atoms with Gasteiger partial charge in [0.1, 0.15) is 5.82 Å². The molecule has 18 heavy (non-hydrogen) atoms. The van der Waals surface area contributed by atoms with E-state index in [2.05, 4.69) is 14.7 Å². The Kier molecular flexibility index (Phi) is 3.32. The molecule has 4 nitrogen and oxygen atoms in total. The summed E-state index contributed by atoms with van der Waals surface area (Å²) < 4.78 is 17.4. The summed E-state index contributed by atoms with van der Waals surface area (Å²) in [5, 5.41) is 0. The molecule has 0 aliphatic rings. The summed E-state index contributed by atoms with van der Waals surface area (Å²) in [7, 11) is 1.27. The fourth-order valence-corrected chi connectivity index (χ4v) is 1.53. The molecule has 2 rings (SSSR count). The molecule has 0 aliphatic heterocycles. The van der Waals surface area contributed by atoms with Crippen molar-refractivity contribution < 1.29 is 13.9 Å². The van der Waals surface area contributed by atoms with Crippen LogP contribution >= 0.6 is 0 Å². The summed E-state index contributed by atoms with van der Waals surface area (Å²) in [5.74, 6) is -0.931. The minimum absolute atomic E-state index is 0.0116. The Morgan fingerprint density at radius 2 is 1.94 bits per heavy atom. The Bertz CT molecular complexity index is 582. The lowest BCUT2D eigenvalue weighted by atomic mass is 10.1. The van der Waals surface area contributed by atoms with Gasteiger partial charge in [0.2, 0.25) is 5.82 Å². The van der Waals surface area contributed by atoms with Gasteiger partial charge in [0.05, 0.1) is 12.8 Å². The van der Waals surface area contributed by atoms with Gasteiger partial charge in [-0.05, 0) is 36.8 Å². The van der Waals surface area contributed by atoms with Gasteiger partial charge in [0.25, 0.3) is 0 Å². The van der Waals surface area contributed by atoms with Gasteiger partial charge in [-0.3, -0.25) is 0 Å². The monoisotopic (exact) mass is 246 g/mol. The number of methoxy groups -OCH3 is 1. The lowest BCUT2D eigenvalue weighted by molar-refractivity contribution is 0.0587. The minimum Gasteiger partial charge on any atom is -0.463 e. The average Bonchev–Trinajstić information content (AvgIpc) is 2.39. The van der Waals surface area contributed by atoms with Gasteiger partial charge >= 0.3 is 5.97 Å². The molecular formula is C13H11FN2O2. The minimum atomic E-state index is -0.599. The maximum Gasteiger partial charge on any atom is 0.376 e. The number of aryl methyl sites for hydroxylation is 1. The van der Waals surface area contributed by atoms with Crippen molar-refractivity contribution in [2.75, 3.05) is 7.11 Å². The van der Waals surface area contributed by atoms with Crippen LogP contribution in [0.15, 0.2) is 30.5 Å². The van der Waals surface area contributed by atoms with E-state index in [1.807, 2.05) is 6.92 Å². The van der Waals surface area contributed by atoms with Crippen LogP contribution in [0.4, 0.5) is 4.39 Å². The first kappa shape index (κ1) is 12.2. The van der Waals surface area contributed by atoms with Gasteiger partial charge in [-0.15, -0.1) is 0 Å². The van der Waals surface area contributed by atoms with E-state index < -0.39 is 5.97 Å². The molecule has 0 N–H and O–H groups in total. The molecule has 92 valence electrons. The SMILES string of the molecule is COC(=O)c1ncc(C)c(-c2ccc(F)cc2)n1. The van der Waals surface area contributed by atoms with Gasteiger partial charge in [0.15, 0.2) is 0 Å². The number of rotatable bonds is 2. The summed E-state index contributed by atoms with van der Waals surface area (Å²) in [6.45, 7) is 1.82. The maximum absolute atomic E-state index is 12.9. The van der Waals surface area contributed by atoms with Crippen LogP contribution in [0.25, 0.3) is 11.3 Å². The molecule has 0 atom stereocenters. The highest BCUT2D eigenvalue weighted by molar-refractivity contribution is 5.85. The smallest absolute Gasteiger partial charge is 0.376 e. The standard InChI is InChI=1S/C13H11FN2O2/c1-8-7-15-12(13(17)18-2)16-11(8)9-3-5-10(14)6-4-9/h3-7H,1-2H3. The number of benzene rings is 1. The summed E-state index contributed by atoms with van der Waals surface area (Å²) in [6, 6.07) is 5.89. The number of hydrogen-bond acceptors (Lipinski definition) is 4. The molecule has 1 aromatic heterocycles. The number of nitrogens with zero attached hydrogens (tertiary/aromatic N) is 2. The molecule has 0 bridgehead atoms. The van der Waals surface area contributed by atoms with Crippen molar-refractivity contribution in [3.8, 4) is 11.3 Å². The van der Waals surface area contributed by atoms with Gasteiger partial charge in [0, 0.05) is 11.8 Å². The molecule has 0 fully saturated rings. The molecule has 1 heterocycles. The van der Waals surface area contributed by atoms with Crippen LogP contribution < -0.4 is 0 Å². The van der Waals surface area contributed by atoms with Gasteiger partial charge < -0.3 is 4.74 Å². The van der Waals surface area contributed by atoms with Gasteiger partial charge in [-0.1, -0.05) is 0 Å². The van der Waals surface area contributed by atoms with Gasteiger partial charge in [-0.2, -0.15) is 0 Å². The van der Waals surface area contributed by atoms with Crippen molar-refractivity contribution >= 4 is 5.97 Å². The Labute approximate surface area is 103 Å². The number of halogens is 1. The lowest BCUT2D eigenvalue weighted by Crippen LogP contribution is -2.08. The van der Waals surface area contributed by atoms with E-state index >= 15 is 0 Å². The van der Waals surface area contributed by atoms with Crippen molar-refractivity contribution in [3.05, 3.63) is 47.7 Å². The zero-order valence-corrected chi connectivity index (χ0v) is 9.98. The molecule has 0 amide bonds.